The van der Waals surface area contributed by atoms with Crippen molar-refractivity contribution >= 4 is 23.6 Å². The standard InChI is InChI=1S/C26H22N2O6/c1-31-19-7-9-25(17(11-19)13-29)33-15-23-24(28-22-6-4-3-5-21(22)27-23)16-34-26-10-8-20(32-2)12-18(26)14-30/h3-14H,15-16H2,1-2H3. The van der Waals surface area contributed by atoms with Gasteiger partial charge in [0.15, 0.2) is 12.6 Å². The Morgan fingerprint density at radius 3 is 1.50 bits per heavy atom. The van der Waals surface area contributed by atoms with Crippen molar-refractivity contribution in [2.45, 2.75) is 13.2 Å². The first-order chi connectivity index (χ1) is 16.6. The molecule has 0 atom stereocenters. The van der Waals surface area contributed by atoms with E-state index in [1.54, 1.807) is 36.4 Å². The summed E-state index contributed by atoms with van der Waals surface area (Å²) in [6.45, 7) is 0.125. The van der Waals surface area contributed by atoms with Crippen molar-refractivity contribution in [3.63, 3.8) is 0 Å². The molecule has 0 aliphatic carbocycles. The van der Waals surface area contributed by atoms with Gasteiger partial charge in [-0.3, -0.25) is 9.59 Å². The van der Waals surface area contributed by atoms with Gasteiger partial charge in [-0.05, 0) is 48.5 Å². The normalized spacial score (nSPS) is 10.5. The number of nitrogens with zero attached hydrogens (tertiary/aromatic N) is 2. The highest BCUT2D eigenvalue weighted by atomic mass is 16.5. The predicted molar refractivity (Wildman–Crippen MR) is 125 cm³/mol. The minimum absolute atomic E-state index is 0.0623. The molecule has 0 spiro atoms. The molecule has 0 saturated heterocycles. The minimum Gasteiger partial charge on any atom is -0.497 e. The second kappa shape index (κ2) is 10.4. The van der Waals surface area contributed by atoms with Crippen LogP contribution < -0.4 is 18.9 Å². The second-order valence-electron chi connectivity index (χ2n) is 7.23. The van der Waals surface area contributed by atoms with E-state index in [1.807, 2.05) is 24.3 Å². The van der Waals surface area contributed by atoms with Gasteiger partial charge in [0.2, 0.25) is 0 Å². The summed E-state index contributed by atoms with van der Waals surface area (Å²) in [7, 11) is 3.06. The Labute approximate surface area is 196 Å². The number of methoxy groups -OCH3 is 2. The molecule has 0 unspecified atom stereocenters. The molecule has 0 radical (unpaired) electrons. The molecule has 8 nitrogen and oxygen atoms in total. The van der Waals surface area contributed by atoms with Crippen molar-refractivity contribution in [1.29, 1.82) is 0 Å². The van der Waals surface area contributed by atoms with E-state index in [0.717, 1.165) is 0 Å². The average Bonchev–Trinajstić information content (AvgIpc) is 2.90. The van der Waals surface area contributed by atoms with Crippen LogP contribution in [0.3, 0.4) is 0 Å². The molecule has 0 bridgehead atoms. The van der Waals surface area contributed by atoms with E-state index in [0.29, 0.717) is 69.1 Å². The zero-order valence-electron chi connectivity index (χ0n) is 18.7. The lowest BCUT2D eigenvalue weighted by molar-refractivity contribution is 0.111. The van der Waals surface area contributed by atoms with Crippen molar-refractivity contribution in [3.8, 4) is 23.0 Å². The topological polar surface area (TPSA) is 96.8 Å². The lowest BCUT2D eigenvalue weighted by Gasteiger charge is -2.14. The summed E-state index contributed by atoms with van der Waals surface area (Å²) in [4.78, 5) is 32.4. The number of carbonyl (C=O) groups excluding carboxylic acids is 2. The largest absolute Gasteiger partial charge is 0.497 e. The maximum Gasteiger partial charge on any atom is 0.153 e. The fourth-order valence-corrected chi connectivity index (χ4v) is 3.35. The van der Waals surface area contributed by atoms with Gasteiger partial charge in [-0.1, -0.05) is 12.1 Å². The van der Waals surface area contributed by atoms with Crippen LogP contribution in [0.5, 0.6) is 23.0 Å². The average molecular weight is 458 g/mol. The molecule has 0 amide bonds. The Morgan fingerprint density at radius 2 is 1.12 bits per heavy atom. The molecule has 1 aromatic heterocycles. The summed E-state index contributed by atoms with van der Waals surface area (Å²) in [5.74, 6) is 1.91. The quantitative estimate of drug-likeness (QED) is 0.322. The van der Waals surface area contributed by atoms with Crippen LogP contribution in [0.4, 0.5) is 0 Å². The van der Waals surface area contributed by atoms with Crippen LogP contribution in [0.1, 0.15) is 32.1 Å². The molecule has 172 valence electrons. The van der Waals surface area contributed by atoms with Gasteiger partial charge in [0.05, 0.1) is 36.4 Å². The highest BCUT2D eigenvalue weighted by Gasteiger charge is 2.14. The molecule has 4 aromatic rings. The molecular weight excluding hydrogens is 436 g/mol. The molecule has 8 heteroatoms. The summed E-state index contributed by atoms with van der Waals surface area (Å²) in [5, 5.41) is 0. The molecule has 34 heavy (non-hydrogen) atoms. The first kappa shape index (κ1) is 22.7. The smallest absolute Gasteiger partial charge is 0.153 e. The number of benzene rings is 3. The van der Waals surface area contributed by atoms with Crippen molar-refractivity contribution < 1.29 is 28.5 Å². The summed E-state index contributed by atoms with van der Waals surface area (Å²) in [6.07, 6.45) is 1.41. The first-order valence-corrected chi connectivity index (χ1v) is 10.4. The van der Waals surface area contributed by atoms with Crippen LogP contribution in [0.25, 0.3) is 11.0 Å². The number of para-hydroxylation sites is 2. The van der Waals surface area contributed by atoms with Crippen molar-refractivity contribution in [2.24, 2.45) is 0 Å². The fraction of sp³-hybridized carbons (Fsp3) is 0.154. The van der Waals surface area contributed by atoms with E-state index in [1.165, 1.54) is 14.2 Å². The molecule has 0 N–H and O–H groups in total. The second-order valence-corrected chi connectivity index (χ2v) is 7.23. The van der Waals surface area contributed by atoms with E-state index in [4.69, 9.17) is 28.9 Å². The Hall–Kier alpha value is -4.46. The third kappa shape index (κ3) is 4.96. The predicted octanol–water partition coefficient (Wildman–Crippen LogP) is 4.43. The van der Waals surface area contributed by atoms with E-state index in [-0.39, 0.29) is 13.2 Å². The van der Waals surface area contributed by atoms with Gasteiger partial charge in [0.1, 0.15) is 47.6 Å². The van der Waals surface area contributed by atoms with Crippen LogP contribution in [0.2, 0.25) is 0 Å². The maximum atomic E-state index is 11.5. The molecule has 4 rings (SSSR count). The third-order valence-corrected chi connectivity index (χ3v) is 5.14. The van der Waals surface area contributed by atoms with Crippen molar-refractivity contribution in [2.75, 3.05) is 14.2 Å². The molecule has 0 aliphatic rings. The van der Waals surface area contributed by atoms with E-state index >= 15 is 0 Å². The van der Waals surface area contributed by atoms with Crippen LogP contribution in [-0.4, -0.2) is 36.8 Å². The first-order valence-electron chi connectivity index (χ1n) is 10.4. The van der Waals surface area contributed by atoms with Gasteiger partial charge >= 0.3 is 0 Å². The van der Waals surface area contributed by atoms with Crippen molar-refractivity contribution in [1.82, 2.24) is 9.97 Å². The van der Waals surface area contributed by atoms with Crippen LogP contribution in [0.15, 0.2) is 60.7 Å². The minimum atomic E-state index is 0.0623. The molecule has 0 saturated carbocycles. The lowest BCUT2D eigenvalue weighted by Crippen LogP contribution is -2.10. The van der Waals surface area contributed by atoms with Crippen LogP contribution >= 0.6 is 0 Å². The fourth-order valence-electron chi connectivity index (χ4n) is 3.35. The lowest BCUT2D eigenvalue weighted by atomic mass is 10.2. The van der Waals surface area contributed by atoms with Gasteiger partial charge in [-0.2, -0.15) is 0 Å². The molecular formula is C26H22N2O6. The zero-order valence-corrected chi connectivity index (χ0v) is 18.7. The zero-order chi connectivity index (χ0) is 23.9. The van der Waals surface area contributed by atoms with Gasteiger partial charge in [-0.25, -0.2) is 9.97 Å². The Balaban J connectivity index is 1.62. The number of hydrogen-bond donors (Lipinski definition) is 0. The number of fused-ring (bicyclic) bond motifs is 1. The Kier molecular flexibility index (Phi) is 6.98. The molecule has 1 heterocycles. The summed E-state index contributed by atoms with van der Waals surface area (Å²) in [5.41, 5.74) is 3.22. The molecule has 0 aliphatic heterocycles. The Bertz CT molecular complexity index is 1240. The maximum absolute atomic E-state index is 11.5. The SMILES string of the molecule is COc1ccc(OCc2nc3ccccc3nc2COc2ccc(OC)cc2C=O)c(C=O)c1. The van der Waals surface area contributed by atoms with Gasteiger partial charge in [-0.15, -0.1) is 0 Å². The van der Waals surface area contributed by atoms with E-state index < -0.39 is 0 Å². The number of hydrogen-bond acceptors (Lipinski definition) is 8. The van der Waals surface area contributed by atoms with E-state index in [2.05, 4.69) is 0 Å². The third-order valence-electron chi connectivity index (χ3n) is 5.14. The number of carbonyl (C=O) groups is 2. The van der Waals surface area contributed by atoms with Gasteiger partial charge in [0.25, 0.3) is 0 Å². The monoisotopic (exact) mass is 458 g/mol. The number of aldehydes is 2. The highest BCUT2D eigenvalue weighted by molar-refractivity contribution is 5.81. The number of ether oxygens (including phenoxy) is 4. The van der Waals surface area contributed by atoms with Crippen LogP contribution in [0, 0.1) is 0 Å². The molecule has 0 fully saturated rings. The summed E-state index contributed by atoms with van der Waals surface area (Å²) in [6, 6.07) is 17.4. The van der Waals surface area contributed by atoms with Crippen LogP contribution in [-0.2, 0) is 13.2 Å². The van der Waals surface area contributed by atoms with E-state index in [9.17, 15) is 9.59 Å². The van der Waals surface area contributed by atoms with Gasteiger partial charge < -0.3 is 18.9 Å². The number of aromatic nitrogens is 2. The summed E-state index contributed by atoms with van der Waals surface area (Å²) < 4.78 is 22.2. The van der Waals surface area contributed by atoms with Gasteiger partial charge in [0, 0.05) is 0 Å². The summed E-state index contributed by atoms with van der Waals surface area (Å²) >= 11 is 0. The molecule has 3 aromatic carbocycles. The number of rotatable bonds is 10. The highest BCUT2D eigenvalue weighted by Crippen LogP contribution is 2.26. The Morgan fingerprint density at radius 1 is 0.676 bits per heavy atom. The van der Waals surface area contributed by atoms with Crippen molar-refractivity contribution in [3.05, 3.63) is 83.2 Å².